The lowest BCUT2D eigenvalue weighted by Gasteiger charge is -2.30. The van der Waals surface area contributed by atoms with E-state index in [2.05, 4.69) is 58.0 Å². The first-order valence-electron chi connectivity index (χ1n) is 7.10. The Morgan fingerprint density at radius 1 is 1.10 bits per heavy atom. The number of hydrazone groups is 1. The Morgan fingerprint density at radius 3 is 2.60 bits per heavy atom. The minimum Gasteiger partial charge on any atom is -0.328 e. The number of hydrogen-bond acceptors (Lipinski definition) is 3. The summed E-state index contributed by atoms with van der Waals surface area (Å²) in [6, 6.07) is 14.9. The maximum Gasteiger partial charge on any atom is 0.103 e. The van der Waals surface area contributed by atoms with Crippen LogP contribution in [0.15, 0.2) is 52.9 Å². The fourth-order valence-corrected chi connectivity index (χ4v) is 3.07. The van der Waals surface area contributed by atoms with Crippen LogP contribution in [-0.4, -0.2) is 37.4 Å². The number of thiophene rings is 1. The molecule has 1 fully saturated rings. The van der Waals surface area contributed by atoms with Crippen molar-refractivity contribution in [1.29, 1.82) is 0 Å². The van der Waals surface area contributed by atoms with Gasteiger partial charge in [0.2, 0.25) is 0 Å². The summed E-state index contributed by atoms with van der Waals surface area (Å²) in [4.78, 5) is 2.88. The van der Waals surface area contributed by atoms with Gasteiger partial charge in [0.15, 0.2) is 0 Å². The highest BCUT2D eigenvalue weighted by Gasteiger charge is 2.18. The Bertz CT molecular complexity index is 528. The summed E-state index contributed by atoms with van der Waals surface area (Å²) >= 11 is 1.73. The first kappa shape index (κ1) is 13.3. The van der Waals surface area contributed by atoms with E-state index in [0.29, 0.717) is 0 Å². The third kappa shape index (κ3) is 3.68. The van der Waals surface area contributed by atoms with Gasteiger partial charge in [-0.15, -0.1) is 11.3 Å². The summed E-state index contributed by atoms with van der Waals surface area (Å²) in [5, 5.41) is 8.85. The van der Waals surface area contributed by atoms with E-state index in [1.807, 2.05) is 6.21 Å². The summed E-state index contributed by atoms with van der Waals surface area (Å²) < 4.78 is 0. The average Bonchev–Trinajstić information content (AvgIpc) is 3.01. The normalized spacial score (nSPS) is 16.9. The maximum absolute atomic E-state index is 4.57. The predicted molar refractivity (Wildman–Crippen MR) is 84.3 cm³/mol. The molecule has 3 nitrogen and oxygen atoms in total. The molecule has 0 unspecified atom stereocenters. The van der Waals surface area contributed by atoms with E-state index in [-0.39, 0.29) is 0 Å². The van der Waals surface area contributed by atoms with Crippen LogP contribution in [0.25, 0.3) is 0 Å². The van der Waals surface area contributed by atoms with Crippen molar-refractivity contribution in [2.75, 3.05) is 26.2 Å². The SMILES string of the molecule is C(=N\N1CC[NH+](Cc2ccccc2)CC1)/c1cccs1. The zero-order valence-corrected chi connectivity index (χ0v) is 12.4. The van der Waals surface area contributed by atoms with E-state index in [1.54, 1.807) is 16.2 Å². The molecular formula is C16H20N3S+. The molecule has 1 aromatic heterocycles. The molecule has 0 atom stereocenters. The summed E-state index contributed by atoms with van der Waals surface area (Å²) in [6.45, 7) is 5.55. The highest BCUT2D eigenvalue weighted by atomic mass is 32.1. The topological polar surface area (TPSA) is 20.0 Å². The van der Waals surface area contributed by atoms with Crippen LogP contribution in [0.4, 0.5) is 0 Å². The lowest BCUT2D eigenvalue weighted by Crippen LogP contribution is -3.13. The molecule has 0 aliphatic carbocycles. The first-order chi connectivity index (χ1) is 9.90. The quantitative estimate of drug-likeness (QED) is 0.844. The first-order valence-corrected chi connectivity index (χ1v) is 7.98. The number of benzene rings is 1. The highest BCUT2D eigenvalue weighted by Crippen LogP contribution is 2.05. The summed E-state index contributed by atoms with van der Waals surface area (Å²) in [6.07, 6.45) is 1.98. The third-order valence-electron chi connectivity index (χ3n) is 3.64. The van der Waals surface area contributed by atoms with Crippen molar-refractivity contribution < 1.29 is 4.90 Å². The second-order valence-corrected chi connectivity index (χ2v) is 6.11. The fourth-order valence-electron chi connectivity index (χ4n) is 2.49. The molecule has 0 radical (unpaired) electrons. The molecule has 104 valence electrons. The second kappa shape index (κ2) is 6.68. The molecule has 1 aliphatic heterocycles. The van der Waals surface area contributed by atoms with Crippen LogP contribution in [0.3, 0.4) is 0 Å². The molecule has 0 amide bonds. The van der Waals surface area contributed by atoms with Gasteiger partial charge in [-0.25, -0.2) is 0 Å². The molecule has 0 bridgehead atoms. The van der Waals surface area contributed by atoms with E-state index < -0.39 is 0 Å². The molecule has 2 heterocycles. The van der Waals surface area contributed by atoms with Gasteiger partial charge in [-0.05, 0) is 11.4 Å². The molecule has 2 aromatic rings. The Morgan fingerprint density at radius 2 is 1.90 bits per heavy atom. The van der Waals surface area contributed by atoms with Gasteiger partial charge in [0.25, 0.3) is 0 Å². The van der Waals surface area contributed by atoms with Gasteiger partial charge in [-0.3, -0.25) is 5.01 Å². The molecular weight excluding hydrogens is 266 g/mol. The van der Waals surface area contributed by atoms with Crippen molar-refractivity contribution in [2.45, 2.75) is 6.54 Å². The zero-order chi connectivity index (χ0) is 13.6. The van der Waals surface area contributed by atoms with Crippen LogP contribution in [0.5, 0.6) is 0 Å². The number of quaternary nitrogens is 1. The fraction of sp³-hybridized carbons (Fsp3) is 0.312. The van der Waals surface area contributed by atoms with Crippen molar-refractivity contribution in [3.8, 4) is 0 Å². The molecule has 3 rings (SSSR count). The van der Waals surface area contributed by atoms with Crippen LogP contribution < -0.4 is 4.90 Å². The van der Waals surface area contributed by atoms with E-state index in [0.717, 1.165) is 32.7 Å². The van der Waals surface area contributed by atoms with Crippen molar-refractivity contribution in [3.63, 3.8) is 0 Å². The minimum absolute atomic E-state index is 1.05. The van der Waals surface area contributed by atoms with Gasteiger partial charge in [-0.1, -0.05) is 36.4 Å². The van der Waals surface area contributed by atoms with E-state index in [1.165, 1.54) is 10.4 Å². The standard InChI is InChI=1S/C16H19N3S/c1-2-5-15(6-3-1)14-18-8-10-19(11-9-18)17-13-16-7-4-12-20-16/h1-7,12-13H,8-11,14H2/p+1/b17-13+. The van der Waals surface area contributed by atoms with Gasteiger partial charge in [0.1, 0.15) is 6.54 Å². The molecule has 4 heteroatoms. The van der Waals surface area contributed by atoms with Crippen LogP contribution in [0, 0.1) is 0 Å². The van der Waals surface area contributed by atoms with Crippen molar-refractivity contribution in [1.82, 2.24) is 5.01 Å². The van der Waals surface area contributed by atoms with E-state index >= 15 is 0 Å². The van der Waals surface area contributed by atoms with E-state index in [4.69, 9.17) is 0 Å². The summed E-state index contributed by atoms with van der Waals surface area (Å²) in [7, 11) is 0. The van der Waals surface area contributed by atoms with Gasteiger partial charge < -0.3 is 4.90 Å². The third-order valence-corrected chi connectivity index (χ3v) is 4.44. The van der Waals surface area contributed by atoms with Gasteiger partial charge in [-0.2, -0.15) is 5.10 Å². The summed E-state index contributed by atoms with van der Waals surface area (Å²) in [5.41, 5.74) is 1.43. The van der Waals surface area contributed by atoms with Crippen molar-refractivity contribution in [2.24, 2.45) is 5.10 Å². The van der Waals surface area contributed by atoms with Crippen LogP contribution in [0.1, 0.15) is 10.4 Å². The number of rotatable bonds is 4. The Hall–Kier alpha value is -1.65. The van der Waals surface area contributed by atoms with Gasteiger partial charge in [0, 0.05) is 10.4 Å². The zero-order valence-electron chi connectivity index (χ0n) is 11.5. The smallest absolute Gasteiger partial charge is 0.103 e. The van der Waals surface area contributed by atoms with Gasteiger partial charge >= 0.3 is 0 Å². The van der Waals surface area contributed by atoms with Crippen LogP contribution in [0.2, 0.25) is 0 Å². The molecule has 1 N–H and O–H groups in total. The largest absolute Gasteiger partial charge is 0.328 e. The second-order valence-electron chi connectivity index (χ2n) is 5.13. The maximum atomic E-state index is 4.57. The Kier molecular flexibility index (Phi) is 4.46. The predicted octanol–water partition coefficient (Wildman–Crippen LogP) is 1.48. The Labute approximate surface area is 124 Å². The summed E-state index contributed by atoms with van der Waals surface area (Å²) in [5.74, 6) is 0. The average molecular weight is 286 g/mol. The highest BCUT2D eigenvalue weighted by molar-refractivity contribution is 7.11. The van der Waals surface area contributed by atoms with Gasteiger partial charge in [0.05, 0.1) is 32.4 Å². The monoisotopic (exact) mass is 286 g/mol. The molecule has 1 saturated heterocycles. The molecule has 1 aliphatic rings. The molecule has 1 aromatic carbocycles. The van der Waals surface area contributed by atoms with Crippen molar-refractivity contribution >= 4 is 17.6 Å². The molecule has 0 spiro atoms. The number of hydrogen-bond donors (Lipinski definition) is 1. The number of nitrogens with zero attached hydrogens (tertiary/aromatic N) is 2. The minimum atomic E-state index is 1.05. The molecule has 20 heavy (non-hydrogen) atoms. The number of nitrogens with one attached hydrogen (secondary N) is 1. The Balaban J connectivity index is 1.47. The lowest BCUT2D eigenvalue weighted by molar-refractivity contribution is -0.918. The van der Waals surface area contributed by atoms with Crippen molar-refractivity contribution in [3.05, 3.63) is 58.3 Å². The van der Waals surface area contributed by atoms with Crippen LogP contribution >= 0.6 is 11.3 Å². The number of piperazine rings is 1. The van der Waals surface area contributed by atoms with Crippen LogP contribution in [-0.2, 0) is 6.54 Å². The molecule has 0 saturated carbocycles. The lowest BCUT2D eigenvalue weighted by atomic mass is 10.2. The van der Waals surface area contributed by atoms with E-state index in [9.17, 15) is 0 Å².